The first kappa shape index (κ1) is 18.7. The van der Waals surface area contributed by atoms with Gasteiger partial charge in [-0.25, -0.2) is 4.90 Å². The van der Waals surface area contributed by atoms with Gasteiger partial charge in [-0.1, -0.05) is 13.8 Å². The van der Waals surface area contributed by atoms with Crippen LogP contribution >= 0.6 is 15.2 Å². The molecule has 0 aromatic rings. The third-order valence-corrected chi connectivity index (χ3v) is 3.78. The number of hydrogen-bond acceptors (Lipinski definition) is 5. The minimum absolute atomic E-state index is 0.307. The zero-order valence-corrected chi connectivity index (χ0v) is 12.2. The lowest BCUT2D eigenvalue weighted by Crippen LogP contribution is -2.61. The molecule has 10 nitrogen and oxygen atoms in total. The van der Waals surface area contributed by atoms with Crippen molar-refractivity contribution < 1.29 is 38.6 Å². The van der Waals surface area contributed by atoms with Crippen molar-refractivity contribution in [2.75, 3.05) is 12.6 Å². The zero-order chi connectivity index (χ0) is 15.6. The van der Waals surface area contributed by atoms with Gasteiger partial charge >= 0.3 is 15.2 Å². The molecule has 0 aromatic heterocycles. The molecular weight excluding hydrogens is 302 g/mol. The van der Waals surface area contributed by atoms with Gasteiger partial charge in [0, 0.05) is 5.92 Å². The fourth-order valence-corrected chi connectivity index (χ4v) is 3.19. The van der Waals surface area contributed by atoms with Gasteiger partial charge in [-0.2, -0.15) is 0 Å². The van der Waals surface area contributed by atoms with E-state index in [0.29, 0.717) is 4.90 Å². The smallest absolute Gasteiger partial charge is 0.339 e. The highest BCUT2D eigenvalue weighted by Crippen LogP contribution is 2.44. The molecule has 0 radical (unpaired) electrons. The number of amides is 1. The topological polar surface area (TPSA) is 182 Å². The number of aliphatic hydroxyl groups is 1. The number of carbonyl (C=O) groups is 1. The Hall–Kier alpha value is -0.310. The van der Waals surface area contributed by atoms with Crippen molar-refractivity contribution in [3.63, 3.8) is 0 Å². The van der Waals surface area contributed by atoms with Gasteiger partial charge in [0.15, 0.2) is 0 Å². The van der Waals surface area contributed by atoms with E-state index in [1.54, 1.807) is 0 Å². The fraction of sp³-hybridized carbons (Fsp3) is 0.857. The Morgan fingerprint density at radius 1 is 1.16 bits per heavy atom. The van der Waals surface area contributed by atoms with E-state index in [9.17, 15) is 19.0 Å². The summed E-state index contributed by atoms with van der Waals surface area (Å²) in [5, 5.41) is 10.1. The molecular formula is C7H18N2O8P2. The number of nitrogens with two attached hydrogens (primary N) is 1. The lowest BCUT2D eigenvalue weighted by Gasteiger charge is -2.39. The van der Waals surface area contributed by atoms with Crippen molar-refractivity contribution in [3.8, 4) is 0 Å². The first-order chi connectivity index (χ1) is 8.20. The van der Waals surface area contributed by atoms with E-state index in [4.69, 9.17) is 25.3 Å². The van der Waals surface area contributed by atoms with Crippen LogP contribution in [0.15, 0.2) is 0 Å². The van der Waals surface area contributed by atoms with Crippen LogP contribution in [-0.4, -0.2) is 53.8 Å². The van der Waals surface area contributed by atoms with Crippen LogP contribution in [0.4, 0.5) is 0 Å². The lowest BCUT2D eigenvalue weighted by atomic mass is 9.98. The Morgan fingerprint density at radius 2 is 1.47 bits per heavy atom. The molecule has 0 heterocycles. The van der Waals surface area contributed by atoms with E-state index in [2.05, 4.69) is 0 Å². The summed E-state index contributed by atoms with van der Waals surface area (Å²) in [4.78, 5) is 47.1. The highest BCUT2D eigenvalue weighted by atomic mass is 31.2. The van der Waals surface area contributed by atoms with Crippen molar-refractivity contribution >= 4 is 21.1 Å². The molecule has 0 aromatic carbocycles. The van der Waals surface area contributed by atoms with E-state index < -0.39 is 45.3 Å². The Labute approximate surface area is 109 Å². The first-order valence-electron chi connectivity index (χ1n) is 5.06. The van der Waals surface area contributed by atoms with Gasteiger partial charge in [-0.3, -0.25) is 13.9 Å². The van der Waals surface area contributed by atoms with E-state index >= 15 is 0 Å². The van der Waals surface area contributed by atoms with Crippen LogP contribution < -0.4 is 5.73 Å². The summed E-state index contributed by atoms with van der Waals surface area (Å²) in [5.41, 5.74) is 2.39. The SMILES string of the molecule is CC(C)[C@@](O)(C(N)=O)N(CP(=O)(O)O)CP(=O)(O)O. The molecule has 0 spiro atoms. The molecule has 0 aliphatic heterocycles. The Bertz CT molecular complexity index is 405. The van der Waals surface area contributed by atoms with Crippen molar-refractivity contribution in [1.29, 1.82) is 0 Å². The second-order valence-electron chi connectivity index (χ2n) is 4.40. The van der Waals surface area contributed by atoms with Crippen LogP contribution in [0, 0.1) is 5.92 Å². The zero-order valence-electron chi connectivity index (χ0n) is 10.4. The summed E-state index contributed by atoms with van der Waals surface area (Å²) in [7, 11) is -9.54. The Balaban J connectivity index is 5.61. The van der Waals surface area contributed by atoms with Gasteiger partial charge in [0.05, 0.1) is 0 Å². The molecule has 114 valence electrons. The third kappa shape index (κ3) is 5.68. The van der Waals surface area contributed by atoms with Gasteiger partial charge < -0.3 is 30.4 Å². The molecule has 12 heteroatoms. The van der Waals surface area contributed by atoms with Crippen LogP contribution in [0.25, 0.3) is 0 Å². The van der Waals surface area contributed by atoms with Crippen molar-refractivity contribution in [3.05, 3.63) is 0 Å². The van der Waals surface area contributed by atoms with Crippen molar-refractivity contribution in [1.82, 2.24) is 4.90 Å². The number of hydrogen-bond donors (Lipinski definition) is 6. The number of rotatable bonds is 7. The quantitative estimate of drug-likeness (QED) is 0.237. The molecule has 0 aliphatic carbocycles. The number of primary amides is 1. The number of nitrogens with zero attached hydrogens (tertiary/aromatic N) is 1. The fourth-order valence-electron chi connectivity index (χ4n) is 1.51. The van der Waals surface area contributed by atoms with E-state index in [-0.39, 0.29) is 0 Å². The van der Waals surface area contributed by atoms with E-state index in [1.165, 1.54) is 13.8 Å². The highest BCUT2D eigenvalue weighted by molar-refractivity contribution is 7.52. The third-order valence-electron chi connectivity index (χ3n) is 2.36. The standard InChI is InChI=1S/C7H18N2O8P2/c1-5(2)7(11,6(8)10)9(3-18(12,13)14)4-19(15,16)17/h5,11H,3-4H2,1-2H3,(H2,8,10)(H2,12,13,14)(H2,15,16,17)/t7-/m1/s1. The van der Waals surface area contributed by atoms with Gasteiger partial charge in [-0.05, 0) is 0 Å². The minimum Gasteiger partial charge on any atom is -0.367 e. The van der Waals surface area contributed by atoms with Crippen LogP contribution in [0.5, 0.6) is 0 Å². The van der Waals surface area contributed by atoms with Crippen molar-refractivity contribution in [2.45, 2.75) is 19.6 Å². The molecule has 19 heavy (non-hydrogen) atoms. The summed E-state index contributed by atoms with van der Waals surface area (Å²) < 4.78 is 21.9. The van der Waals surface area contributed by atoms with Crippen LogP contribution in [0.3, 0.4) is 0 Å². The molecule has 0 rings (SSSR count). The molecule has 0 bridgehead atoms. The van der Waals surface area contributed by atoms with Gasteiger partial charge in [0.25, 0.3) is 5.91 Å². The minimum atomic E-state index is -4.77. The van der Waals surface area contributed by atoms with E-state index in [0.717, 1.165) is 0 Å². The summed E-state index contributed by atoms with van der Waals surface area (Å²) >= 11 is 0. The maximum Gasteiger partial charge on any atom is 0.339 e. The summed E-state index contributed by atoms with van der Waals surface area (Å²) in [6.07, 6.45) is -2.43. The van der Waals surface area contributed by atoms with Gasteiger partial charge in [-0.15, -0.1) is 0 Å². The normalized spacial score (nSPS) is 16.7. The molecule has 0 saturated carbocycles. The monoisotopic (exact) mass is 320 g/mol. The van der Waals surface area contributed by atoms with E-state index in [1.807, 2.05) is 0 Å². The largest absolute Gasteiger partial charge is 0.367 e. The Kier molecular flexibility index (Phi) is 5.89. The second-order valence-corrected chi connectivity index (χ2v) is 7.62. The molecule has 0 aliphatic rings. The summed E-state index contributed by atoms with van der Waals surface area (Å²) in [6, 6.07) is 0. The maximum absolute atomic E-state index is 11.3. The predicted octanol–water partition coefficient (Wildman–Crippen LogP) is -1.61. The molecule has 0 saturated heterocycles. The summed E-state index contributed by atoms with van der Waals surface area (Å²) in [6.45, 7) is 2.63. The molecule has 0 fully saturated rings. The van der Waals surface area contributed by atoms with Crippen molar-refractivity contribution in [2.24, 2.45) is 11.7 Å². The van der Waals surface area contributed by atoms with Gasteiger partial charge in [0.2, 0.25) is 5.72 Å². The second kappa shape index (κ2) is 5.99. The lowest BCUT2D eigenvalue weighted by molar-refractivity contribution is -0.167. The van der Waals surface area contributed by atoms with Crippen LogP contribution in [0.1, 0.15) is 13.8 Å². The Morgan fingerprint density at radius 3 is 1.63 bits per heavy atom. The maximum atomic E-state index is 11.3. The average Bonchev–Trinajstić information content (AvgIpc) is 2.09. The highest BCUT2D eigenvalue weighted by Gasteiger charge is 2.47. The molecule has 0 unspecified atom stereocenters. The molecule has 1 amide bonds. The van der Waals surface area contributed by atoms with Crippen LogP contribution in [-0.2, 0) is 13.9 Å². The average molecular weight is 320 g/mol. The van der Waals surface area contributed by atoms with Crippen LogP contribution in [0.2, 0.25) is 0 Å². The molecule has 7 N–H and O–H groups in total. The van der Waals surface area contributed by atoms with Gasteiger partial charge in [0.1, 0.15) is 12.6 Å². The summed E-state index contributed by atoms with van der Waals surface area (Å²) in [5.74, 6) is -2.30. The number of carbonyl (C=O) groups excluding carboxylic acids is 1. The first-order valence-corrected chi connectivity index (χ1v) is 8.66. The molecule has 1 atom stereocenters. The predicted molar refractivity (Wildman–Crippen MR) is 64.6 cm³/mol.